The van der Waals surface area contributed by atoms with Crippen molar-refractivity contribution >= 4 is 0 Å². The van der Waals surface area contributed by atoms with Gasteiger partial charge < -0.3 is 19.9 Å². The van der Waals surface area contributed by atoms with Crippen molar-refractivity contribution in [2.45, 2.75) is 50.7 Å². The van der Waals surface area contributed by atoms with Gasteiger partial charge in [-0.25, -0.2) is 0 Å². The second-order valence-electron chi connectivity index (χ2n) is 4.37. The Hall–Kier alpha value is -0.160. The molecule has 2 aliphatic heterocycles. The zero-order valence-corrected chi connectivity index (χ0v) is 8.77. The number of ether oxygens (including phenoxy) is 2. The van der Waals surface area contributed by atoms with E-state index in [1.165, 1.54) is 0 Å². The predicted molar refractivity (Wildman–Crippen MR) is 52.2 cm³/mol. The summed E-state index contributed by atoms with van der Waals surface area (Å²) >= 11 is 0. The molecule has 0 aromatic rings. The summed E-state index contributed by atoms with van der Waals surface area (Å²) in [6.07, 6.45) is 1.21. The maximum absolute atomic E-state index is 9.57. The summed E-state index contributed by atoms with van der Waals surface area (Å²) in [7, 11) is 0. The summed E-state index contributed by atoms with van der Waals surface area (Å²) in [6, 6.07) is 0.433. The van der Waals surface area contributed by atoms with Gasteiger partial charge in [-0.15, -0.1) is 0 Å². The molecule has 0 amide bonds. The molecule has 2 heterocycles. The van der Waals surface area contributed by atoms with Gasteiger partial charge in [0.2, 0.25) is 0 Å². The molecule has 0 aromatic heterocycles. The first kappa shape index (κ1) is 10.4. The lowest BCUT2D eigenvalue weighted by Gasteiger charge is -2.22. The summed E-state index contributed by atoms with van der Waals surface area (Å²) in [6.45, 7) is 5.22. The number of hydrogen-bond acceptors (Lipinski definition) is 4. The maximum Gasteiger partial charge on any atom is 0.0948 e. The minimum atomic E-state index is -0.363. The molecule has 4 nitrogen and oxygen atoms in total. The van der Waals surface area contributed by atoms with Crippen LogP contribution in [0.5, 0.6) is 0 Å². The molecule has 2 rings (SSSR count). The van der Waals surface area contributed by atoms with Gasteiger partial charge in [0.1, 0.15) is 0 Å². The normalized spacial score (nSPS) is 48.6. The van der Waals surface area contributed by atoms with Gasteiger partial charge in [0.05, 0.1) is 37.6 Å². The van der Waals surface area contributed by atoms with Crippen molar-refractivity contribution in [1.82, 2.24) is 5.32 Å². The van der Waals surface area contributed by atoms with Gasteiger partial charge in [0, 0.05) is 6.04 Å². The number of nitrogens with one attached hydrogen (secondary N) is 1. The molecule has 2 fully saturated rings. The number of hydrogen-bond donors (Lipinski definition) is 2. The average Bonchev–Trinajstić information content (AvgIpc) is 2.62. The van der Waals surface area contributed by atoms with Crippen molar-refractivity contribution in [3.8, 4) is 0 Å². The highest BCUT2D eigenvalue weighted by Gasteiger charge is 2.34. The van der Waals surface area contributed by atoms with Crippen molar-refractivity contribution in [2.24, 2.45) is 0 Å². The number of rotatable bonds is 2. The van der Waals surface area contributed by atoms with E-state index in [-0.39, 0.29) is 18.2 Å². The Kier molecular flexibility index (Phi) is 3.07. The van der Waals surface area contributed by atoms with Gasteiger partial charge in [0.15, 0.2) is 0 Å². The number of aliphatic hydroxyl groups is 1. The first-order valence-electron chi connectivity index (χ1n) is 5.34. The van der Waals surface area contributed by atoms with Crippen molar-refractivity contribution in [2.75, 3.05) is 13.2 Å². The van der Waals surface area contributed by atoms with Crippen LogP contribution in [-0.2, 0) is 9.47 Å². The molecule has 2 saturated heterocycles. The van der Waals surface area contributed by atoms with Crippen LogP contribution < -0.4 is 5.32 Å². The molecular weight excluding hydrogens is 182 g/mol. The van der Waals surface area contributed by atoms with Crippen LogP contribution in [0.2, 0.25) is 0 Å². The highest BCUT2D eigenvalue weighted by atomic mass is 16.5. The smallest absolute Gasteiger partial charge is 0.0948 e. The van der Waals surface area contributed by atoms with Crippen LogP contribution in [0.1, 0.15) is 20.3 Å². The fourth-order valence-corrected chi connectivity index (χ4v) is 2.25. The van der Waals surface area contributed by atoms with E-state index < -0.39 is 0 Å². The SMILES string of the molecule is CC1CC(N[C@@H]2COC[C@H]2O)C(C)O1. The largest absolute Gasteiger partial charge is 0.389 e. The van der Waals surface area contributed by atoms with E-state index in [0.29, 0.717) is 25.4 Å². The predicted octanol–water partition coefficient (Wildman–Crippen LogP) is -0.0984. The molecule has 2 N–H and O–H groups in total. The average molecular weight is 201 g/mol. The van der Waals surface area contributed by atoms with Gasteiger partial charge in [0.25, 0.3) is 0 Å². The molecule has 0 aromatic carbocycles. The van der Waals surface area contributed by atoms with Gasteiger partial charge in [-0.3, -0.25) is 0 Å². The standard InChI is InChI=1S/C10H19NO3/c1-6-3-8(7(2)14-6)11-9-4-13-5-10(9)12/h6-12H,3-5H2,1-2H3/t6?,7?,8?,9-,10-/m1/s1. The molecular formula is C10H19NO3. The Labute approximate surface area is 84.6 Å². The van der Waals surface area contributed by atoms with E-state index in [9.17, 15) is 5.11 Å². The molecule has 0 spiro atoms. The summed E-state index contributed by atoms with van der Waals surface area (Å²) in [4.78, 5) is 0. The molecule has 82 valence electrons. The Morgan fingerprint density at radius 2 is 2.00 bits per heavy atom. The summed E-state index contributed by atoms with van der Waals surface area (Å²) < 4.78 is 10.8. The minimum absolute atomic E-state index is 0.0800. The van der Waals surface area contributed by atoms with E-state index in [2.05, 4.69) is 19.2 Å². The van der Waals surface area contributed by atoms with Crippen molar-refractivity contribution in [3.05, 3.63) is 0 Å². The highest BCUT2D eigenvalue weighted by Crippen LogP contribution is 2.21. The third-order valence-electron chi connectivity index (χ3n) is 3.08. The van der Waals surface area contributed by atoms with E-state index in [1.54, 1.807) is 0 Å². The highest BCUT2D eigenvalue weighted by molar-refractivity contribution is 4.90. The summed E-state index contributed by atoms with van der Waals surface area (Å²) in [5.41, 5.74) is 0. The zero-order valence-electron chi connectivity index (χ0n) is 8.77. The maximum atomic E-state index is 9.57. The van der Waals surface area contributed by atoms with Crippen molar-refractivity contribution in [1.29, 1.82) is 0 Å². The monoisotopic (exact) mass is 201 g/mol. The van der Waals surface area contributed by atoms with Crippen molar-refractivity contribution < 1.29 is 14.6 Å². The molecule has 0 saturated carbocycles. The quantitative estimate of drug-likeness (QED) is 0.655. The van der Waals surface area contributed by atoms with E-state index in [0.717, 1.165) is 6.42 Å². The lowest BCUT2D eigenvalue weighted by molar-refractivity contribution is 0.0571. The summed E-state index contributed by atoms with van der Waals surface area (Å²) in [5, 5.41) is 13.0. The van der Waals surface area contributed by atoms with Gasteiger partial charge in [-0.05, 0) is 20.3 Å². The van der Waals surface area contributed by atoms with Gasteiger partial charge in [-0.1, -0.05) is 0 Å². The van der Waals surface area contributed by atoms with E-state index in [1.807, 2.05) is 0 Å². The van der Waals surface area contributed by atoms with Gasteiger partial charge in [-0.2, -0.15) is 0 Å². The topological polar surface area (TPSA) is 50.7 Å². The van der Waals surface area contributed by atoms with Crippen LogP contribution >= 0.6 is 0 Å². The lowest BCUT2D eigenvalue weighted by Crippen LogP contribution is -2.47. The first-order valence-corrected chi connectivity index (χ1v) is 5.34. The fourth-order valence-electron chi connectivity index (χ4n) is 2.25. The zero-order chi connectivity index (χ0) is 10.1. The van der Waals surface area contributed by atoms with Crippen LogP contribution in [0.15, 0.2) is 0 Å². The third kappa shape index (κ3) is 2.08. The van der Waals surface area contributed by atoms with Crippen LogP contribution in [0.3, 0.4) is 0 Å². The van der Waals surface area contributed by atoms with Gasteiger partial charge >= 0.3 is 0 Å². The molecule has 2 aliphatic rings. The van der Waals surface area contributed by atoms with Crippen molar-refractivity contribution in [3.63, 3.8) is 0 Å². The summed E-state index contributed by atoms with van der Waals surface area (Å²) in [5.74, 6) is 0. The van der Waals surface area contributed by atoms with Crippen LogP contribution in [0, 0.1) is 0 Å². The molecule has 3 unspecified atom stereocenters. The Bertz CT molecular complexity index is 200. The minimum Gasteiger partial charge on any atom is -0.389 e. The second-order valence-corrected chi connectivity index (χ2v) is 4.37. The van der Waals surface area contributed by atoms with Crippen LogP contribution in [0.25, 0.3) is 0 Å². The van der Waals surface area contributed by atoms with E-state index >= 15 is 0 Å². The Morgan fingerprint density at radius 1 is 1.21 bits per heavy atom. The van der Waals surface area contributed by atoms with Crippen LogP contribution in [-0.4, -0.2) is 48.7 Å². The molecule has 0 aliphatic carbocycles. The molecule has 4 heteroatoms. The first-order chi connectivity index (χ1) is 6.66. The van der Waals surface area contributed by atoms with E-state index in [4.69, 9.17) is 9.47 Å². The molecule has 0 radical (unpaired) electrons. The Morgan fingerprint density at radius 3 is 2.50 bits per heavy atom. The molecule has 14 heavy (non-hydrogen) atoms. The van der Waals surface area contributed by atoms with Crippen LogP contribution in [0.4, 0.5) is 0 Å². The molecule has 5 atom stereocenters. The fraction of sp³-hybridized carbons (Fsp3) is 1.00. The molecule has 0 bridgehead atoms. The lowest BCUT2D eigenvalue weighted by atomic mass is 10.1. The third-order valence-corrected chi connectivity index (χ3v) is 3.08. The number of aliphatic hydroxyl groups excluding tert-OH is 1. The Balaban J connectivity index is 1.85. The second kappa shape index (κ2) is 4.14.